The lowest BCUT2D eigenvalue weighted by molar-refractivity contribution is 0.102. The third-order valence-corrected chi connectivity index (χ3v) is 3.01. The highest BCUT2D eigenvalue weighted by molar-refractivity contribution is 4.67. The van der Waals surface area contributed by atoms with Crippen LogP contribution in [0, 0.1) is 0 Å². The molecule has 0 saturated heterocycles. The molecular weight excluding hydrogens is 260 g/mol. The third-order valence-electron chi connectivity index (χ3n) is 3.01. The molecule has 0 fully saturated rings. The minimum absolute atomic E-state index is 0.0989. The number of aliphatic hydroxyl groups excluding tert-OH is 3. The van der Waals surface area contributed by atoms with Gasteiger partial charge in [0.05, 0.1) is 19.3 Å². The van der Waals surface area contributed by atoms with Crippen molar-refractivity contribution >= 4 is 0 Å². The number of rotatable bonds is 14. The van der Waals surface area contributed by atoms with E-state index in [4.69, 9.17) is 15.9 Å². The summed E-state index contributed by atoms with van der Waals surface area (Å²) in [5.74, 6) is 0. The van der Waals surface area contributed by atoms with Crippen LogP contribution in [0.25, 0.3) is 0 Å². The van der Waals surface area contributed by atoms with Gasteiger partial charge in [-0.1, -0.05) is 0 Å². The lowest BCUT2D eigenvalue weighted by Crippen LogP contribution is -2.43. The van der Waals surface area contributed by atoms with E-state index in [2.05, 4.69) is 15.1 Å². The Balaban J connectivity index is 4.00. The monoisotopic (exact) mass is 292 g/mol. The van der Waals surface area contributed by atoms with Gasteiger partial charge in [-0.15, -0.1) is 0 Å². The number of aliphatic hydroxyl groups is 3. The van der Waals surface area contributed by atoms with Crippen LogP contribution >= 0.6 is 0 Å². The Kier molecular flexibility index (Phi) is 13.5. The zero-order chi connectivity index (χ0) is 15.2. The maximum atomic E-state index is 9.43. The van der Waals surface area contributed by atoms with Gasteiger partial charge in [-0.3, -0.25) is 9.80 Å². The van der Waals surface area contributed by atoms with Gasteiger partial charge in [0.1, 0.15) is 0 Å². The highest BCUT2D eigenvalue weighted by Crippen LogP contribution is 1.95. The van der Waals surface area contributed by atoms with E-state index in [1.807, 2.05) is 0 Å². The van der Waals surface area contributed by atoms with Gasteiger partial charge in [-0.25, -0.2) is 0 Å². The summed E-state index contributed by atoms with van der Waals surface area (Å²) in [4.78, 5) is 4.30. The number of nitrogens with two attached hydrogens (primary N) is 1. The largest absolute Gasteiger partial charge is 0.395 e. The average Bonchev–Trinajstić information content (AvgIpc) is 2.40. The molecule has 0 amide bonds. The second kappa shape index (κ2) is 13.7. The molecule has 0 heterocycles. The number of nitrogens with zero attached hydrogens (tertiary/aromatic N) is 2. The predicted molar refractivity (Wildman–Crippen MR) is 80.7 cm³/mol. The Morgan fingerprint density at radius 1 is 0.950 bits per heavy atom. The summed E-state index contributed by atoms with van der Waals surface area (Å²) in [6, 6.07) is 0. The van der Waals surface area contributed by atoms with Gasteiger partial charge in [-0.2, -0.15) is 0 Å². The molecule has 0 aliphatic heterocycles. The summed E-state index contributed by atoms with van der Waals surface area (Å²) in [7, 11) is 0. The van der Waals surface area contributed by atoms with E-state index < -0.39 is 6.10 Å². The topological polar surface area (TPSA) is 105 Å². The molecule has 0 aromatic rings. The molecule has 7 heteroatoms. The summed E-state index contributed by atoms with van der Waals surface area (Å²) in [5.41, 5.74) is 5.61. The molecule has 0 rings (SSSR count). The van der Waals surface area contributed by atoms with Crippen molar-refractivity contribution in [2.24, 2.45) is 5.73 Å². The Morgan fingerprint density at radius 3 is 2.20 bits per heavy atom. The van der Waals surface area contributed by atoms with E-state index >= 15 is 0 Å². The van der Waals surface area contributed by atoms with E-state index in [-0.39, 0.29) is 13.2 Å². The van der Waals surface area contributed by atoms with Crippen molar-refractivity contribution in [2.45, 2.75) is 13.0 Å². The molecule has 1 unspecified atom stereocenters. The third kappa shape index (κ3) is 11.5. The van der Waals surface area contributed by atoms with Crippen molar-refractivity contribution in [1.82, 2.24) is 15.1 Å². The van der Waals surface area contributed by atoms with Gasteiger partial charge in [0.15, 0.2) is 0 Å². The van der Waals surface area contributed by atoms with E-state index in [9.17, 15) is 5.11 Å². The maximum absolute atomic E-state index is 9.43. The van der Waals surface area contributed by atoms with Crippen LogP contribution < -0.4 is 11.1 Å². The first kappa shape index (κ1) is 19.7. The van der Waals surface area contributed by atoms with Gasteiger partial charge < -0.3 is 26.4 Å². The number of nitrogens with one attached hydrogen (secondary N) is 1. The smallest absolute Gasteiger partial charge is 0.0639 e. The van der Waals surface area contributed by atoms with Crippen LogP contribution in [0.3, 0.4) is 0 Å². The summed E-state index contributed by atoms with van der Waals surface area (Å²) in [5, 5.41) is 30.3. The van der Waals surface area contributed by atoms with Gasteiger partial charge in [-0.05, 0) is 6.92 Å². The van der Waals surface area contributed by atoms with Gasteiger partial charge in [0, 0.05) is 58.9 Å². The van der Waals surface area contributed by atoms with E-state index in [0.717, 1.165) is 32.7 Å². The minimum Gasteiger partial charge on any atom is -0.395 e. The van der Waals surface area contributed by atoms with Gasteiger partial charge in [0.2, 0.25) is 0 Å². The molecule has 0 bridgehead atoms. The molecule has 0 spiro atoms. The van der Waals surface area contributed by atoms with E-state index in [1.54, 1.807) is 6.92 Å². The number of hydrogen-bond donors (Lipinski definition) is 5. The van der Waals surface area contributed by atoms with Crippen LogP contribution in [-0.4, -0.2) is 103 Å². The lowest BCUT2D eigenvalue weighted by atomic mass is 10.3. The molecule has 1 atom stereocenters. The highest BCUT2D eigenvalue weighted by atomic mass is 16.3. The lowest BCUT2D eigenvalue weighted by Gasteiger charge is -2.27. The fourth-order valence-corrected chi connectivity index (χ4v) is 2.05. The summed E-state index contributed by atoms with van der Waals surface area (Å²) in [6.07, 6.45) is -0.393. The van der Waals surface area contributed by atoms with Crippen LogP contribution in [0.2, 0.25) is 0 Å². The average molecular weight is 292 g/mol. The first-order valence-corrected chi connectivity index (χ1v) is 7.39. The molecule has 122 valence electrons. The fourth-order valence-electron chi connectivity index (χ4n) is 2.05. The molecule has 0 radical (unpaired) electrons. The zero-order valence-corrected chi connectivity index (χ0v) is 12.7. The van der Waals surface area contributed by atoms with Crippen molar-refractivity contribution in [3.63, 3.8) is 0 Å². The predicted octanol–water partition coefficient (Wildman–Crippen LogP) is -2.50. The van der Waals surface area contributed by atoms with E-state index in [1.165, 1.54) is 0 Å². The Hall–Kier alpha value is -0.280. The van der Waals surface area contributed by atoms with Crippen molar-refractivity contribution in [3.05, 3.63) is 0 Å². The fraction of sp³-hybridized carbons (Fsp3) is 1.00. The van der Waals surface area contributed by atoms with Crippen molar-refractivity contribution in [1.29, 1.82) is 0 Å². The Morgan fingerprint density at radius 2 is 1.65 bits per heavy atom. The maximum Gasteiger partial charge on any atom is 0.0639 e. The molecule has 0 aliphatic carbocycles. The van der Waals surface area contributed by atoms with E-state index in [0.29, 0.717) is 26.2 Å². The summed E-state index contributed by atoms with van der Waals surface area (Å²) >= 11 is 0. The standard InChI is InChI=1S/C13H32N4O3/c1-13(20)12-17(9-11-19)8-7-16(5-2-14)6-3-15-4-10-18/h13,15,18-20H,2-12,14H2,1H3. The van der Waals surface area contributed by atoms with Crippen molar-refractivity contribution in [2.75, 3.05) is 72.1 Å². The molecule has 0 aromatic heterocycles. The molecule has 7 nitrogen and oxygen atoms in total. The summed E-state index contributed by atoms with van der Waals surface area (Å²) in [6.45, 7) is 8.52. The van der Waals surface area contributed by atoms with Crippen LogP contribution in [-0.2, 0) is 0 Å². The highest BCUT2D eigenvalue weighted by Gasteiger charge is 2.10. The summed E-state index contributed by atoms with van der Waals surface area (Å²) < 4.78 is 0. The first-order chi connectivity index (χ1) is 9.63. The Bertz CT molecular complexity index is 208. The normalized spacial score (nSPS) is 13.3. The zero-order valence-electron chi connectivity index (χ0n) is 12.7. The Labute approximate surface area is 122 Å². The molecule has 0 saturated carbocycles. The van der Waals surface area contributed by atoms with Crippen LogP contribution in [0.1, 0.15) is 6.92 Å². The molecule has 0 aromatic carbocycles. The second-order valence-corrected chi connectivity index (χ2v) is 4.98. The van der Waals surface area contributed by atoms with Gasteiger partial charge >= 0.3 is 0 Å². The minimum atomic E-state index is -0.393. The van der Waals surface area contributed by atoms with Crippen LogP contribution in [0.5, 0.6) is 0 Å². The quantitative estimate of drug-likeness (QED) is 0.225. The molecule has 0 aliphatic rings. The van der Waals surface area contributed by atoms with Crippen LogP contribution in [0.15, 0.2) is 0 Å². The molecule has 6 N–H and O–H groups in total. The van der Waals surface area contributed by atoms with Crippen molar-refractivity contribution in [3.8, 4) is 0 Å². The molecule has 20 heavy (non-hydrogen) atoms. The first-order valence-electron chi connectivity index (χ1n) is 7.39. The number of hydrogen-bond acceptors (Lipinski definition) is 7. The second-order valence-electron chi connectivity index (χ2n) is 4.98. The van der Waals surface area contributed by atoms with Crippen LogP contribution in [0.4, 0.5) is 0 Å². The van der Waals surface area contributed by atoms with Gasteiger partial charge in [0.25, 0.3) is 0 Å². The SMILES string of the molecule is CC(O)CN(CCO)CCN(CCN)CCNCCO. The van der Waals surface area contributed by atoms with Crippen molar-refractivity contribution < 1.29 is 15.3 Å². The molecular formula is C13H32N4O3.